The van der Waals surface area contributed by atoms with Gasteiger partial charge >= 0.3 is 6.03 Å². The van der Waals surface area contributed by atoms with Gasteiger partial charge in [-0.1, -0.05) is 34.1 Å². The van der Waals surface area contributed by atoms with Crippen molar-refractivity contribution in [3.63, 3.8) is 0 Å². The van der Waals surface area contributed by atoms with Gasteiger partial charge in [-0.25, -0.2) is 14.1 Å². The maximum Gasteiger partial charge on any atom is 0.335 e. The van der Waals surface area contributed by atoms with Gasteiger partial charge in [-0.2, -0.15) is 0 Å². The highest BCUT2D eigenvalue weighted by Gasteiger charge is 2.37. The van der Waals surface area contributed by atoms with Crippen LogP contribution in [0.25, 0.3) is 6.08 Å². The van der Waals surface area contributed by atoms with E-state index in [1.807, 2.05) is 6.92 Å². The van der Waals surface area contributed by atoms with E-state index in [9.17, 15) is 18.8 Å². The number of barbiturate groups is 1. The van der Waals surface area contributed by atoms with Crippen molar-refractivity contribution in [2.24, 2.45) is 0 Å². The highest BCUT2D eigenvalue weighted by Crippen LogP contribution is 2.34. The summed E-state index contributed by atoms with van der Waals surface area (Å²) in [5.41, 5.74) is 3.10. The molecule has 0 unspecified atom stereocenters. The number of halogens is 3. The highest BCUT2D eigenvalue weighted by molar-refractivity contribution is 9.10. The van der Waals surface area contributed by atoms with Gasteiger partial charge in [0.05, 0.1) is 10.2 Å². The smallest absolute Gasteiger partial charge is 0.335 e. The van der Waals surface area contributed by atoms with Crippen molar-refractivity contribution in [3.05, 3.63) is 110 Å². The molecule has 1 N–H and O–H groups in total. The van der Waals surface area contributed by atoms with Gasteiger partial charge in [-0.15, -0.1) is 6.58 Å². The molecular weight excluding hydrogens is 607 g/mol. The zero-order valence-corrected chi connectivity index (χ0v) is 22.9. The van der Waals surface area contributed by atoms with Crippen LogP contribution in [0.15, 0.2) is 81.8 Å². The molecule has 9 heteroatoms. The van der Waals surface area contributed by atoms with Crippen LogP contribution in [0.1, 0.15) is 22.3 Å². The predicted octanol–water partition coefficient (Wildman–Crippen LogP) is 6.63. The topological polar surface area (TPSA) is 75.7 Å². The lowest BCUT2D eigenvalue weighted by molar-refractivity contribution is -0.122. The molecule has 1 saturated heterocycles. The molecule has 0 saturated carbocycles. The van der Waals surface area contributed by atoms with Gasteiger partial charge in [0.2, 0.25) is 0 Å². The number of amides is 4. The number of hydrogen-bond donors (Lipinski definition) is 1. The minimum absolute atomic E-state index is 0.184. The number of carbonyl (C=O) groups excluding carboxylic acids is 3. The summed E-state index contributed by atoms with van der Waals surface area (Å²) in [5.74, 6) is -1.27. The average molecular weight is 628 g/mol. The fourth-order valence-electron chi connectivity index (χ4n) is 3.79. The van der Waals surface area contributed by atoms with Crippen LogP contribution in [0.3, 0.4) is 0 Å². The number of urea groups is 1. The van der Waals surface area contributed by atoms with E-state index >= 15 is 0 Å². The number of carbonyl (C=O) groups is 3. The fraction of sp³-hybridized carbons (Fsp3) is 0.107. The van der Waals surface area contributed by atoms with E-state index in [1.54, 1.807) is 48.5 Å². The van der Waals surface area contributed by atoms with Crippen LogP contribution in [-0.2, 0) is 22.6 Å². The Kier molecular flexibility index (Phi) is 8.04. The van der Waals surface area contributed by atoms with Crippen LogP contribution >= 0.6 is 31.9 Å². The van der Waals surface area contributed by atoms with E-state index in [1.165, 1.54) is 18.2 Å². The van der Waals surface area contributed by atoms with Crippen molar-refractivity contribution < 1.29 is 23.5 Å². The minimum Gasteiger partial charge on any atom is -0.487 e. The second-order valence-corrected chi connectivity index (χ2v) is 10.00. The summed E-state index contributed by atoms with van der Waals surface area (Å²) in [7, 11) is 0. The lowest BCUT2D eigenvalue weighted by Crippen LogP contribution is -2.54. The molecule has 0 aliphatic carbocycles. The zero-order valence-electron chi connectivity index (χ0n) is 19.7. The zero-order chi connectivity index (χ0) is 26.7. The first-order valence-electron chi connectivity index (χ1n) is 11.2. The van der Waals surface area contributed by atoms with Gasteiger partial charge in [0.25, 0.3) is 11.8 Å². The summed E-state index contributed by atoms with van der Waals surface area (Å²) in [6.45, 7) is 5.85. The van der Waals surface area contributed by atoms with Crippen LogP contribution in [0.5, 0.6) is 5.75 Å². The molecule has 3 aromatic carbocycles. The summed E-state index contributed by atoms with van der Waals surface area (Å²) in [6.07, 6.45) is 3.60. The highest BCUT2D eigenvalue weighted by atomic mass is 79.9. The number of anilines is 1. The van der Waals surface area contributed by atoms with Crippen LogP contribution in [0, 0.1) is 12.7 Å². The van der Waals surface area contributed by atoms with E-state index in [2.05, 4.69) is 43.8 Å². The van der Waals surface area contributed by atoms with E-state index in [0.29, 0.717) is 27.9 Å². The third kappa shape index (κ3) is 5.89. The summed E-state index contributed by atoms with van der Waals surface area (Å²) < 4.78 is 20.6. The molecule has 188 valence electrons. The predicted molar refractivity (Wildman–Crippen MR) is 147 cm³/mol. The van der Waals surface area contributed by atoms with Gasteiger partial charge in [-0.3, -0.25) is 14.9 Å². The fourth-order valence-corrected chi connectivity index (χ4v) is 4.67. The second kappa shape index (κ2) is 11.2. The molecule has 37 heavy (non-hydrogen) atoms. The SMILES string of the molecule is C=CCc1cc(/C=C2\C(=O)NC(=O)N(c3ccc(Br)c(C)c3)C2=O)cc(Br)c1OCc1ccc(F)cc1. The maximum absolute atomic E-state index is 13.3. The first kappa shape index (κ1) is 26.5. The molecule has 1 heterocycles. The third-order valence-electron chi connectivity index (χ3n) is 5.62. The number of rotatable bonds is 7. The van der Waals surface area contributed by atoms with E-state index in [4.69, 9.17) is 4.74 Å². The second-order valence-electron chi connectivity index (χ2n) is 8.29. The molecule has 4 amide bonds. The average Bonchev–Trinajstić information content (AvgIpc) is 2.84. The van der Waals surface area contributed by atoms with Crippen molar-refractivity contribution in [3.8, 4) is 5.75 Å². The number of benzene rings is 3. The quantitative estimate of drug-likeness (QED) is 0.181. The lowest BCUT2D eigenvalue weighted by atomic mass is 10.0. The van der Waals surface area contributed by atoms with Crippen LogP contribution < -0.4 is 15.0 Å². The Morgan fingerprint density at radius 2 is 1.76 bits per heavy atom. The Hall–Kier alpha value is -3.56. The molecule has 0 radical (unpaired) electrons. The molecule has 3 aromatic rings. The number of aryl methyl sites for hydroxylation is 1. The molecule has 4 rings (SSSR count). The molecule has 0 bridgehead atoms. The number of nitrogens with one attached hydrogen (secondary N) is 1. The number of imide groups is 2. The summed E-state index contributed by atoms with van der Waals surface area (Å²) in [5, 5.41) is 2.24. The lowest BCUT2D eigenvalue weighted by Gasteiger charge is -2.26. The number of hydrogen-bond acceptors (Lipinski definition) is 4. The van der Waals surface area contributed by atoms with Gasteiger partial charge in [0.1, 0.15) is 23.7 Å². The number of nitrogens with zero attached hydrogens (tertiary/aromatic N) is 1. The largest absolute Gasteiger partial charge is 0.487 e. The Morgan fingerprint density at radius 1 is 1.03 bits per heavy atom. The summed E-state index contributed by atoms with van der Waals surface area (Å²) >= 11 is 6.92. The van der Waals surface area contributed by atoms with Crippen molar-refractivity contribution in [2.75, 3.05) is 4.90 Å². The molecule has 0 atom stereocenters. The Labute approximate surface area is 230 Å². The molecule has 6 nitrogen and oxygen atoms in total. The van der Waals surface area contributed by atoms with Crippen LogP contribution in [0.2, 0.25) is 0 Å². The van der Waals surface area contributed by atoms with Crippen LogP contribution in [-0.4, -0.2) is 17.8 Å². The maximum atomic E-state index is 13.3. The standard InChI is InChI=1S/C28H21Br2FN2O4/c1-3-4-19-12-18(14-24(30)25(19)37-15-17-5-7-20(31)8-6-17)13-22-26(34)32-28(36)33(27(22)35)21-9-10-23(29)16(2)11-21/h3,5-14H,1,4,15H2,2H3,(H,32,34,36)/b22-13+. The van der Waals surface area contributed by atoms with E-state index in [0.717, 1.165) is 26.1 Å². The molecular formula is C28H21Br2FN2O4. The molecule has 1 fully saturated rings. The number of allylic oxidation sites excluding steroid dienone is 1. The van der Waals surface area contributed by atoms with Gasteiger partial charge in [-0.05, 0) is 100 Å². The van der Waals surface area contributed by atoms with Gasteiger partial charge in [0.15, 0.2) is 0 Å². The normalized spacial score (nSPS) is 14.6. The van der Waals surface area contributed by atoms with Crippen molar-refractivity contribution in [1.82, 2.24) is 5.32 Å². The van der Waals surface area contributed by atoms with Gasteiger partial charge in [0, 0.05) is 4.47 Å². The first-order chi connectivity index (χ1) is 17.7. The molecule has 0 spiro atoms. The van der Waals surface area contributed by atoms with E-state index in [-0.39, 0.29) is 18.0 Å². The molecule has 1 aliphatic heterocycles. The van der Waals surface area contributed by atoms with Crippen molar-refractivity contribution in [1.29, 1.82) is 0 Å². The monoisotopic (exact) mass is 626 g/mol. The van der Waals surface area contributed by atoms with Gasteiger partial charge < -0.3 is 4.74 Å². The summed E-state index contributed by atoms with van der Waals surface area (Å²) in [6, 6.07) is 13.7. The molecule has 0 aromatic heterocycles. The van der Waals surface area contributed by atoms with Crippen molar-refractivity contribution >= 4 is 61.5 Å². The Bertz CT molecular complexity index is 1450. The molecule has 1 aliphatic rings. The Balaban J connectivity index is 1.66. The van der Waals surface area contributed by atoms with E-state index < -0.39 is 17.8 Å². The summed E-state index contributed by atoms with van der Waals surface area (Å²) in [4.78, 5) is 39.4. The van der Waals surface area contributed by atoms with Crippen LogP contribution in [0.4, 0.5) is 14.9 Å². The number of ether oxygens (including phenoxy) is 1. The van der Waals surface area contributed by atoms with Crippen molar-refractivity contribution in [2.45, 2.75) is 20.0 Å². The third-order valence-corrected chi connectivity index (χ3v) is 7.09. The first-order valence-corrected chi connectivity index (χ1v) is 12.7. The Morgan fingerprint density at radius 3 is 2.43 bits per heavy atom. The minimum atomic E-state index is -0.813.